The topological polar surface area (TPSA) is 82.4 Å². The number of benzene rings is 1. The first-order chi connectivity index (χ1) is 13.0. The summed E-state index contributed by atoms with van der Waals surface area (Å²) >= 11 is 2.83. The quantitative estimate of drug-likeness (QED) is 0.617. The lowest BCUT2D eigenvalue weighted by atomic mass is 10.2. The maximum absolute atomic E-state index is 12.5. The van der Waals surface area contributed by atoms with E-state index >= 15 is 0 Å². The smallest absolute Gasteiger partial charge is 0.267 e. The van der Waals surface area contributed by atoms with Gasteiger partial charge in [0.1, 0.15) is 13.2 Å². The van der Waals surface area contributed by atoms with Crippen LogP contribution in [-0.4, -0.2) is 39.7 Å². The third-order valence-corrected chi connectivity index (χ3v) is 6.48. The number of ether oxygens (including phenoxy) is 2. The number of amides is 1. The van der Waals surface area contributed by atoms with E-state index in [-0.39, 0.29) is 17.2 Å². The highest BCUT2D eigenvalue weighted by Gasteiger charge is 2.25. The first-order valence-corrected chi connectivity index (χ1v) is 10.5. The highest BCUT2D eigenvalue weighted by molar-refractivity contribution is 8.00. The molecule has 2 aliphatic heterocycles. The maximum atomic E-state index is 12.5. The molecule has 0 unspecified atom stereocenters. The van der Waals surface area contributed by atoms with Gasteiger partial charge in [-0.25, -0.2) is 4.98 Å². The zero-order chi connectivity index (χ0) is 19.0. The summed E-state index contributed by atoms with van der Waals surface area (Å²) in [7, 11) is 1.69. The molecule has 1 N–H and O–H groups in total. The Balaban J connectivity index is 1.42. The molecule has 27 heavy (non-hydrogen) atoms. The Morgan fingerprint density at radius 3 is 2.96 bits per heavy atom. The molecule has 3 heterocycles. The van der Waals surface area contributed by atoms with Crippen LogP contribution >= 0.6 is 23.5 Å². The van der Waals surface area contributed by atoms with Gasteiger partial charge in [0.2, 0.25) is 5.91 Å². The fourth-order valence-electron chi connectivity index (χ4n) is 2.95. The van der Waals surface area contributed by atoms with Crippen molar-refractivity contribution in [1.82, 2.24) is 9.55 Å². The minimum atomic E-state index is -0.172. The van der Waals surface area contributed by atoms with E-state index < -0.39 is 0 Å². The van der Waals surface area contributed by atoms with Crippen molar-refractivity contribution in [1.29, 1.82) is 0 Å². The van der Waals surface area contributed by atoms with Gasteiger partial charge in [0.15, 0.2) is 16.7 Å². The van der Waals surface area contributed by atoms with Crippen LogP contribution in [0.2, 0.25) is 0 Å². The van der Waals surface area contributed by atoms with Crippen LogP contribution in [0, 0.1) is 0 Å². The first-order valence-electron chi connectivity index (χ1n) is 8.60. The number of nitrogens with one attached hydrogen (secondary N) is 1. The molecule has 0 aliphatic carbocycles. The maximum Gasteiger partial charge on any atom is 0.267 e. The van der Waals surface area contributed by atoms with Crippen LogP contribution in [0.4, 0.5) is 5.69 Å². The summed E-state index contributed by atoms with van der Waals surface area (Å²) in [5, 5.41) is 3.76. The average Bonchev–Trinajstić information content (AvgIpc) is 3.04. The van der Waals surface area contributed by atoms with E-state index in [2.05, 4.69) is 17.2 Å². The summed E-state index contributed by atoms with van der Waals surface area (Å²) in [6.07, 6.45) is 0.785. The minimum absolute atomic E-state index is 0.0379. The van der Waals surface area contributed by atoms with Crippen molar-refractivity contribution in [3.63, 3.8) is 0 Å². The molecule has 0 bridgehead atoms. The van der Waals surface area contributed by atoms with Gasteiger partial charge in [0.05, 0.1) is 16.3 Å². The lowest BCUT2D eigenvalue weighted by molar-refractivity contribution is -0.113. The van der Waals surface area contributed by atoms with E-state index in [1.54, 1.807) is 37.0 Å². The molecule has 9 heteroatoms. The average molecular weight is 406 g/mol. The number of nitrogens with zero attached hydrogens (tertiary/aromatic N) is 2. The zero-order valence-corrected chi connectivity index (χ0v) is 16.6. The molecule has 142 valence electrons. The number of fused-ring (bicyclic) bond motifs is 2. The largest absolute Gasteiger partial charge is 0.486 e. The van der Waals surface area contributed by atoms with E-state index in [1.165, 1.54) is 16.3 Å². The summed E-state index contributed by atoms with van der Waals surface area (Å²) in [5.41, 5.74) is 1.44. The molecule has 0 saturated carbocycles. The Kier molecular flexibility index (Phi) is 5.05. The summed E-state index contributed by atoms with van der Waals surface area (Å²) in [4.78, 5) is 30.1. The highest BCUT2D eigenvalue weighted by Crippen LogP contribution is 2.34. The fourth-order valence-corrected chi connectivity index (χ4v) is 4.88. The molecular weight excluding hydrogens is 386 g/mol. The van der Waals surface area contributed by atoms with Gasteiger partial charge in [-0.05, 0) is 12.1 Å². The van der Waals surface area contributed by atoms with Gasteiger partial charge < -0.3 is 14.8 Å². The van der Waals surface area contributed by atoms with Crippen LogP contribution in [0.15, 0.2) is 33.0 Å². The summed E-state index contributed by atoms with van der Waals surface area (Å²) in [6, 6.07) is 5.30. The number of thioether (sulfide) groups is 2. The number of carbonyl (C=O) groups is 1. The van der Waals surface area contributed by atoms with Gasteiger partial charge >= 0.3 is 0 Å². The zero-order valence-electron chi connectivity index (χ0n) is 15.0. The van der Waals surface area contributed by atoms with Gasteiger partial charge in [0, 0.05) is 30.5 Å². The lowest BCUT2D eigenvalue weighted by Crippen LogP contribution is -2.23. The lowest BCUT2D eigenvalue weighted by Gasteiger charge is -2.19. The third-order valence-electron chi connectivity index (χ3n) is 4.24. The van der Waals surface area contributed by atoms with Gasteiger partial charge in [-0.15, -0.1) is 11.8 Å². The van der Waals surface area contributed by atoms with Crippen LogP contribution in [-0.2, 0) is 18.3 Å². The third kappa shape index (κ3) is 3.79. The predicted molar refractivity (Wildman–Crippen MR) is 105 cm³/mol. The minimum Gasteiger partial charge on any atom is -0.486 e. The Morgan fingerprint density at radius 2 is 2.15 bits per heavy atom. The standard InChI is InChI=1S/C18H19N3O4S2/c1-10-7-12-16(27-10)17(23)21(2)18(20-12)26-9-15(22)19-11-3-4-13-14(8-11)25-6-5-24-13/h3-4,8,10H,5-7,9H2,1-2H3,(H,19,22)/t10-/m0/s1. The van der Waals surface area contributed by atoms with Crippen molar-refractivity contribution < 1.29 is 14.3 Å². The van der Waals surface area contributed by atoms with E-state index in [0.29, 0.717) is 40.8 Å². The molecule has 1 aromatic carbocycles. The van der Waals surface area contributed by atoms with Crippen LogP contribution in [0.25, 0.3) is 0 Å². The molecule has 0 spiro atoms. The number of hydrogen-bond donors (Lipinski definition) is 1. The molecule has 7 nitrogen and oxygen atoms in total. The Morgan fingerprint density at radius 1 is 1.37 bits per heavy atom. The summed E-state index contributed by atoms with van der Waals surface area (Å²) in [6.45, 7) is 3.10. The number of aromatic nitrogens is 2. The normalized spacial score (nSPS) is 17.5. The van der Waals surface area contributed by atoms with E-state index in [4.69, 9.17) is 9.47 Å². The van der Waals surface area contributed by atoms with Crippen molar-refractivity contribution in [3.05, 3.63) is 34.2 Å². The van der Waals surface area contributed by atoms with Gasteiger partial charge in [-0.1, -0.05) is 18.7 Å². The van der Waals surface area contributed by atoms with Crippen molar-refractivity contribution in [2.24, 2.45) is 7.05 Å². The molecule has 0 radical (unpaired) electrons. The van der Waals surface area contributed by atoms with E-state index in [1.807, 2.05) is 0 Å². The molecule has 2 aromatic rings. The number of anilines is 1. The van der Waals surface area contributed by atoms with E-state index in [9.17, 15) is 9.59 Å². The second-order valence-electron chi connectivity index (χ2n) is 6.36. The summed E-state index contributed by atoms with van der Waals surface area (Å²) < 4.78 is 12.5. The molecular formula is C18H19N3O4S2. The first kappa shape index (κ1) is 18.2. The Hall–Kier alpha value is -2.13. The Labute approximate surface area is 164 Å². The molecule has 1 aromatic heterocycles. The van der Waals surface area contributed by atoms with Crippen LogP contribution < -0.4 is 20.3 Å². The highest BCUT2D eigenvalue weighted by atomic mass is 32.2. The van der Waals surface area contributed by atoms with E-state index in [0.717, 1.165) is 17.0 Å². The molecule has 1 atom stereocenters. The SMILES string of the molecule is C[C@H]1Cc2nc(SCC(=O)Nc3ccc4c(c3)OCCO4)n(C)c(=O)c2S1. The number of hydrogen-bond acceptors (Lipinski definition) is 7. The molecule has 4 rings (SSSR count). The molecule has 0 saturated heterocycles. The van der Waals surface area contributed by atoms with Crippen molar-refractivity contribution in [2.75, 3.05) is 24.3 Å². The molecule has 0 fully saturated rings. The van der Waals surface area contributed by atoms with Crippen LogP contribution in [0.1, 0.15) is 12.6 Å². The fraction of sp³-hybridized carbons (Fsp3) is 0.389. The van der Waals surface area contributed by atoms with Crippen molar-refractivity contribution in [3.8, 4) is 11.5 Å². The number of carbonyl (C=O) groups excluding carboxylic acids is 1. The Bertz CT molecular complexity index is 960. The molecule has 1 amide bonds. The monoisotopic (exact) mass is 405 g/mol. The number of rotatable bonds is 4. The van der Waals surface area contributed by atoms with Gasteiger partial charge in [0.25, 0.3) is 5.56 Å². The summed E-state index contributed by atoms with van der Waals surface area (Å²) in [5.74, 6) is 1.30. The van der Waals surface area contributed by atoms with Crippen molar-refractivity contribution >= 4 is 35.1 Å². The molecule has 2 aliphatic rings. The van der Waals surface area contributed by atoms with Crippen LogP contribution in [0.5, 0.6) is 11.5 Å². The predicted octanol–water partition coefficient (Wildman–Crippen LogP) is 2.32. The van der Waals surface area contributed by atoms with Gasteiger partial charge in [-0.3, -0.25) is 14.2 Å². The van der Waals surface area contributed by atoms with Gasteiger partial charge in [-0.2, -0.15) is 0 Å². The second kappa shape index (κ2) is 7.47. The van der Waals surface area contributed by atoms with Crippen LogP contribution in [0.3, 0.4) is 0 Å². The van der Waals surface area contributed by atoms with Crippen molar-refractivity contribution in [2.45, 2.75) is 28.6 Å². The second-order valence-corrected chi connectivity index (χ2v) is 8.75.